The van der Waals surface area contributed by atoms with Crippen molar-refractivity contribution in [3.8, 4) is 11.5 Å². The molecule has 4 heteroatoms. The number of benzene rings is 2. The van der Waals surface area contributed by atoms with Crippen LogP contribution in [-0.4, -0.2) is 12.8 Å². The van der Waals surface area contributed by atoms with Crippen LogP contribution < -0.4 is 10.5 Å². The molecule has 0 spiro atoms. The summed E-state index contributed by atoms with van der Waals surface area (Å²) in [6, 6.07) is 14.0. The highest BCUT2D eigenvalue weighted by Crippen LogP contribution is 2.33. The van der Waals surface area contributed by atoms with Crippen molar-refractivity contribution in [3.63, 3.8) is 0 Å². The van der Waals surface area contributed by atoms with Crippen molar-refractivity contribution in [1.82, 2.24) is 0 Å². The van der Waals surface area contributed by atoms with Gasteiger partial charge in [-0.2, -0.15) is 0 Å². The molecule has 2 aromatic rings. The Bertz CT molecular complexity index is 560. The fraction of sp³-hybridized carbons (Fsp3) is 0.200. The summed E-state index contributed by atoms with van der Waals surface area (Å²) in [6.45, 7) is 0.647. The Morgan fingerprint density at radius 1 is 1.21 bits per heavy atom. The largest absolute Gasteiger partial charge is 0.456 e. The van der Waals surface area contributed by atoms with Gasteiger partial charge in [-0.3, -0.25) is 0 Å². The molecule has 19 heavy (non-hydrogen) atoms. The Hall–Kier alpha value is -0.970. The number of thioether (sulfide) groups is 1. The molecule has 0 unspecified atom stereocenters. The molecule has 2 nitrogen and oxygen atoms in total. The Labute approximate surface area is 126 Å². The standard InChI is InChI=1S/C15H16BrNOS/c1-19-15-5-3-2-4-14(15)18-12-7-6-11(8-9-17)13(16)10-12/h2-7,10H,8-9,17H2,1H3. The molecule has 0 aliphatic rings. The fourth-order valence-corrected chi connectivity index (χ4v) is 2.86. The second-order valence-corrected chi connectivity index (χ2v) is 5.75. The van der Waals surface area contributed by atoms with Gasteiger partial charge in [-0.05, 0) is 49.1 Å². The quantitative estimate of drug-likeness (QED) is 0.818. The zero-order chi connectivity index (χ0) is 13.7. The van der Waals surface area contributed by atoms with Crippen molar-refractivity contribution in [3.05, 3.63) is 52.5 Å². The number of rotatable bonds is 5. The molecule has 2 rings (SSSR count). The number of hydrogen-bond donors (Lipinski definition) is 1. The van der Waals surface area contributed by atoms with Crippen LogP contribution >= 0.6 is 27.7 Å². The van der Waals surface area contributed by atoms with Gasteiger partial charge in [-0.25, -0.2) is 0 Å². The van der Waals surface area contributed by atoms with Crippen molar-refractivity contribution in [2.45, 2.75) is 11.3 Å². The van der Waals surface area contributed by atoms with Crippen LogP contribution in [0.4, 0.5) is 0 Å². The molecule has 0 atom stereocenters. The molecule has 0 aliphatic carbocycles. The summed E-state index contributed by atoms with van der Waals surface area (Å²) in [4.78, 5) is 1.13. The Morgan fingerprint density at radius 2 is 2.00 bits per heavy atom. The molecule has 0 fully saturated rings. The zero-order valence-electron chi connectivity index (χ0n) is 10.7. The van der Waals surface area contributed by atoms with Crippen LogP contribution in [0.3, 0.4) is 0 Å². The van der Waals surface area contributed by atoms with E-state index in [4.69, 9.17) is 10.5 Å². The molecule has 0 aliphatic heterocycles. The van der Waals surface area contributed by atoms with E-state index in [1.54, 1.807) is 11.8 Å². The smallest absolute Gasteiger partial charge is 0.140 e. The summed E-state index contributed by atoms with van der Waals surface area (Å²) >= 11 is 5.23. The van der Waals surface area contributed by atoms with Crippen molar-refractivity contribution >= 4 is 27.7 Å². The van der Waals surface area contributed by atoms with E-state index in [2.05, 4.69) is 22.0 Å². The number of nitrogens with two attached hydrogens (primary N) is 1. The minimum atomic E-state index is 0.647. The fourth-order valence-electron chi connectivity index (χ4n) is 1.78. The molecule has 0 saturated heterocycles. The summed E-state index contributed by atoms with van der Waals surface area (Å²) in [5, 5.41) is 0. The lowest BCUT2D eigenvalue weighted by Crippen LogP contribution is -2.03. The monoisotopic (exact) mass is 337 g/mol. The van der Waals surface area contributed by atoms with Gasteiger partial charge in [-0.1, -0.05) is 34.1 Å². The lowest BCUT2D eigenvalue weighted by atomic mass is 10.1. The molecule has 2 aromatic carbocycles. The van der Waals surface area contributed by atoms with Gasteiger partial charge in [0.2, 0.25) is 0 Å². The normalized spacial score (nSPS) is 10.5. The molecule has 0 radical (unpaired) electrons. The summed E-state index contributed by atoms with van der Waals surface area (Å²) in [7, 11) is 0. The van der Waals surface area contributed by atoms with E-state index in [-0.39, 0.29) is 0 Å². The second kappa shape index (κ2) is 6.98. The topological polar surface area (TPSA) is 35.2 Å². The van der Waals surface area contributed by atoms with Crippen molar-refractivity contribution in [2.75, 3.05) is 12.8 Å². The Morgan fingerprint density at radius 3 is 2.68 bits per heavy atom. The molecule has 0 amide bonds. The van der Waals surface area contributed by atoms with Crippen molar-refractivity contribution in [2.24, 2.45) is 5.73 Å². The highest BCUT2D eigenvalue weighted by molar-refractivity contribution is 9.10. The summed E-state index contributed by atoms with van der Waals surface area (Å²) in [6.07, 6.45) is 2.91. The maximum atomic E-state index is 5.93. The van der Waals surface area contributed by atoms with Gasteiger partial charge in [0.15, 0.2) is 0 Å². The average Bonchev–Trinajstić information content (AvgIpc) is 2.43. The molecule has 0 heterocycles. The van der Waals surface area contributed by atoms with Crippen LogP contribution in [0, 0.1) is 0 Å². The number of ether oxygens (including phenoxy) is 1. The van der Waals surface area contributed by atoms with Crippen LogP contribution in [-0.2, 0) is 6.42 Å². The molecule has 0 aromatic heterocycles. The minimum absolute atomic E-state index is 0.647. The van der Waals surface area contributed by atoms with Crippen LogP contribution in [0.1, 0.15) is 5.56 Å². The van der Waals surface area contributed by atoms with Gasteiger partial charge in [0.25, 0.3) is 0 Å². The van der Waals surface area contributed by atoms with E-state index in [1.807, 2.05) is 42.7 Å². The first kappa shape index (κ1) is 14.4. The third-order valence-electron chi connectivity index (χ3n) is 2.74. The van der Waals surface area contributed by atoms with E-state index in [1.165, 1.54) is 5.56 Å². The number of hydrogen-bond acceptors (Lipinski definition) is 3. The molecular formula is C15H16BrNOS. The van der Waals surface area contributed by atoms with Gasteiger partial charge in [-0.15, -0.1) is 11.8 Å². The molecular weight excluding hydrogens is 322 g/mol. The van der Waals surface area contributed by atoms with Crippen LogP contribution in [0.2, 0.25) is 0 Å². The SMILES string of the molecule is CSc1ccccc1Oc1ccc(CCN)c(Br)c1. The molecule has 0 saturated carbocycles. The van der Waals surface area contributed by atoms with Crippen molar-refractivity contribution < 1.29 is 4.74 Å². The van der Waals surface area contributed by atoms with Crippen molar-refractivity contribution in [1.29, 1.82) is 0 Å². The second-order valence-electron chi connectivity index (χ2n) is 4.04. The minimum Gasteiger partial charge on any atom is -0.456 e. The lowest BCUT2D eigenvalue weighted by Gasteiger charge is -2.11. The van der Waals surface area contributed by atoms with Crippen LogP contribution in [0.15, 0.2) is 51.8 Å². The predicted octanol–water partition coefficient (Wildman–Crippen LogP) is 4.46. The van der Waals surface area contributed by atoms with E-state index in [9.17, 15) is 0 Å². The average molecular weight is 338 g/mol. The molecule has 2 N–H and O–H groups in total. The van der Waals surface area contributed by atoms with E-state index in [0.29, 0.717) is 6.54 Å². The summed E-state index contributed by atoms with van der Waals surface area (Å²) in [5.74, 6) is 1.71. The van der Waals surface area contributed by atoms with Gasteiger partial charge < -0.3 is 10.5 Å². The van der Waals surface area contributed by atoms with E-state index in [0.717, 1.165) is 27.3 Å². The van der Waals surface area contributed by atoms with Gasteiger partial charge in [0, 0.05) is 9.37 Å². The third kappa shape index (κ3) is 3.75. The van der Waals surface area contributed by atoms with Crippen LogP contribution in [0.5, 0.6) is 11.5 Å². The van der Waals surface area contributed by atoms with E-state index >= 15 is 0 Å². The first-order valence-corrected chi connectivity index (χ1v) is 8.05. The Balaban J connectivity index is 2.21. The number of halogens is 1. The first-order chi connectivity index (χ1) is 9.24. The lowest BCUT2D eigenvalue weighted by molar-refractivity contribution is 0.470. The van der Waals surface area contributed by atoms with Gasteiger partial charge in [0.1, 0.15) is 11.5 Å². The highest BCUT2D eigenvalue weighted by Gasteiger charge is 2.05. The van der Waals surface area contributed by atoms with Crippen LogP contribution in [0.25, 0.3) is 0 Å². The molecule has 100 valence electrons. The summed E-state index contributed by atoms with van der Waals surface area (Å²) in [5.41, 5.74) is 6.78. The highest BCUT2D eigenvalue weighted by atomic mass is 79.9. The zero-order valence-corrected chi connectivity index (χ0v) is 13.1. The number of para-hydroxylation sites is 1. The third-order valence-corrected chi connectivity index (χ3v) is 4.25. The first-order valence-electron chi connectivity index (χ1n) is 6.04. The maximum absolute atomic E-state index is 5.93. The Kier molecular flexibility index (Phi) is 5.31. The van der Waals surface area contributed by atoms with Gasteiger partial charge in [0.05, 0.1) is 0 Å². The molecule has 0 bridgehead atoms. The predicted molar refractivity (Wildman–Crippen MR) is 85.2 cm³/mol. The summed E-state index contributed by atoms with van der Waals surface area (Å²) < 4.78 is 6.97. The maximum Gasteiger partial charge on any atom is 0.140 e. The van der Waals surface area contributed by atoms with Gasteiger partial charge >= 0.3 is 0 Å². The van der Waals surface area contributed by atoms with E-state index < -0.39 is 0 Å².